The van der Waals surface area contributed by atoms with E-state index in [-0.39, 0.29) is 17.8 Å². The van der Waals surface area contributed by atoms with Crippen LogP contribution in [-0.2, 0) is 11.3 Å². The van der Waals surface area contributed by atoms with Gasteiger partial charge >= 0.3 is 6.03 Å². The SMILES string of the molecule is C/N=C(\C=C/C(=O)NCc1cccc(NC(=O)NCC2CCCN2C)c1)c1ccc(F)cc1. The standard InChI is InChI=1S/C25H30FN5O2/c1-27-23(19-8-10-20(26)11-9-19)12-13-24(32)28-16-18-5-3-6-21(15-18)30-25(33)29-17-22-7-4-14-31(22)2/h3,5-6,8-13,15,22H,4,7,14,16-17H2,1-2H3,(H,28,32)(H2,29,30,33)/b13-12-,27-23+. The largest absolute Gasteiger partial charge is 0.348 e. The molecule has 33 heavy (non-hydrogen) atoms. The first-order chi connectivity index (χ1) is 15.9. The maximum Gasteiger partial charge on any atom is 0.319 e. The van der Waals surface area contributed by atoms with Crippen molar-refractivity contribution in [3.63, 3.8) is 0 Å². The summed E-state index contributed by atoms with van der Waals surface area (Å²) in [5, 5.41) is 8.57. The highest BCUT2D eigenvalue weighted by Crippen LogP contribution is 2.14. The van der Waals surface area contributed by atoms with Gasteiger partial charge < -0.3 is 20.9 Å². The van der Waals surface area contributed by atoms with Gasteiger partial charge in [-0.25, -0.2) is 9.18 Å². The first kappa shape index (κ1) is 24.1. The van der Waals surface area contributed by atoms with Gasteiger partial charge in [-0.1, -0.05) is 12.1 Å². The number of likely N-dealkylation sites (N-methyl/N-ethyl adjacent to an activating group) is 1. The molecule has 2 aromatic rings. The van der Waals surface area contributed by atoms with Crippen LogP contribution in [0, 0.1) is 5.82 Å². The molecular formula is C25H30FN5O2. The Morgan fingerprint density at radius 3 is 2.64 bits per heavy atom. The van der Waals surface area contributed by atoms with Crippen LogP contribution in [0.2, 0.25) is 0 Å². The average molecular weight is 452 g/mol. The topological polar surface area (TPSA) is 85.8 Å². The molecule has 0 bridgehead atoms. The second-order valence-electron chi connectivity index (χ2n) is 7.98. The zero-order valence-electron chi connectivity index (χ0n) is 19.0. The Labute approximate surface area is 193 Å². The molecule has 7 nitrogen and oxygen atoms in total. The van der Waals surface area contributed by atoms with Crippen molar-refractivity contribution in [3.05, 3.63) is 77.6 Å². The Morgan fingerprint density at radius 2 is 1.94 bits per heavy atom. The number of likely N-dealkylation sites (tertiary alicyclic amines) is 1. The highest BCUT2D eigenvalue weighted by molar-refractivity contribution is 6.11. The molecule has 1 atom stereocenters. The molecule has 1 fully saturated rings. The summed E-state index contributed by atoms with van der Waals surface area (Å²) >= 11 is 0. The third-order valence-corrected chi connectivity index (χ3v) is 5.59. The summed E-state index contributed by atoms with van der Waals surface area (Å²) in [5.41, 5.74) is 2.81. The minimum Gasteiger partial charge on any atom is -0.348 e. The van der Waals surface area contributed by atoms with Gasteiger partial charge in [-0.3, -0.25) is 9.79 Å². The van der Waals surface area contributed by atoms with Gasteiger partial charge in [0.25, 0.3) is 0 Å². The molecule has 0 radical (unpaired) electrons. The maximum absolute atomic E-state index is 13.1. The molecule has 3 N–H and O–H groups in total. The average Bonchev–Trinajstić information content (AvgIpc) is 3.22. The second-order valence-corrected chi connectivity index (χ2v) is 7.98. The molecule has 0 saturated carbocycles. The number of benzene rings is 2. The minimum atomic E-state index is -0.327. The van der Waals surface area contributed by atoms with E-state index in [4.69, 9.17) is 0 Å². The number of halogens is 1. The van der Waals surface area contributed by atoms with E-state index < -0.39 is 0 Å². The van der Waals surface area contributed by atoms with Crippen LogP contribution in [-0.4, -0.2) is 55.8 Å². The van der Waals surface area contributed by atoms with E-state index in [1.54, 1.807) is 31.3 Å². The normalized spacial score (nSPS) is 16.7. The second kappa shape index (κ2) is 11.9. The molecule has 1 aliphatic rings. The van der Waals surface area contributed by atoms with Crippen molar-refractivity contribution in [2.24, 2.45) is 4.99 Å². The smallest absolute Gasteiger partial charge is 0.319 e. The first-order valence-corrected chi connectivity index (χ1v) is 11.0. The van der Waals surface area contributed by atoms with Crippen molar-refractivity contribution >= 4 is 23.3 Å². The van der Waals surface area contributed by atoms with Crippen molar-refractivity contribution in [2.75, 3.05) is 32.5 Å². The van der Waals surface area contributed by atoms with Crippen LogP contribution in [0.5, 0.6) is 0 Å². The summed E-state index contributed by atoms with van der Waals surface area (Å²) in [5.74, 6) is -0.610. The van der Waals surface area contributed by atoms with Gasteiger partial charge in [0.05, 0.1) is 5.71 Å². The third-order valence-electron chi connectivity index (χ3n) is 5.59. The van der Waals surface area contributed by atoms with E-state index in [0.29, 0.717) is 30.5 Å². The molecule has 0 aliphatic carbocycles. The van der Waals surface area contributed by atoms with Gasteiger partial charge in [-0.2, -0.15) is 0 Å². The molecule has 1 heterocycles. The van der Waals surface area contributed by atoms with Crippen molar-refractivity contribution in [2.45, 2.75) is 25.4 Å². The van der Waals surface area contributed by atoms with E-state index in [1.165, 1.54) is 18.2 Å². The van der Waals surface area contributed by atoms with E-state index in [1.807, 2.05) is 18.2 Å². The molecule has 1 unspecified atom stereocenters. The lowest BCUT2D eigenvalue weighted by Gasteiger charge is -2.19. The predicted octanol–water partition coefficient (Wildman–Crippen LogP) is 3.33. The fraction of sp³-hybridized carbons (Fsp3) is 0.320. The van der Waals surface area contributed by atoms with Gasteiger partial charge in [0.2, 0.25) is 5.91 Å². The number of carbonyl (C=O) groups is 2. The lowest BCUT2D eigenvalue weighted by molar-refractivity contribution is -0.116. The van der Waals surface area contributed by atoms with Crippen molar-refractivity contribution in [3.8, 4) is 0 Å². The summed E-state index contributed by atoms with van der Waals surface area (Å²) in [6, 6.07) is 13.4. The number of rotatable bonds is 8. The molecule has 1 saturated heterocycles. The summed E-state index contributed by atoms with van der Waals surface area (Å²) in [6.45, 7) is 1.99. The number of nitrogens with zero attached hydrogens (tertiary/aromatic N) is 2. The van der Waals surface area contributed by atoms with Crippen LogP contribution in [0.3, 0.4) is 0 Å². The van der Waals surface area contributed by atoms with E-state index in [9.17, 15) is 14.0 Å². The molecular weight excluding hydrogens is 421 g/mol. The zero-order chi connectivity index (χ0) is 23.6. The van der Waals surface area contributed by atoms with Crippen LogP contribution in [0.25, 0.3) is 0 Å². The van der Waals surface area contributed by atoms with E-state index >= 15 is 0 Å². The van der Waals surface area contributed by atoms with Gasteiger partial charge in [0.1, 0.15) is 5.82 Å². The van der Waals surface area contributed by atoms with Crippen LogP contribution in [0.1, 0.15) is 24.0 Å². The number of hydrogen-bond donors (Lipinski definition) is 3. The predicted molar refractivity (Wildman–Crippen MR) is 129 cm³/mol. The molecule has 174 valence electrons. The summed E-state index contributed by atoms with van der Waals surface area (Å²) in [4.78, 5) is 30.8. The Balaban J connectivity index is 1.47. The number of amides is 3. The maximum atomic E-state index is 13.1. The molecule has 2 aromatic carbocycles. The fourth-order valence-corrected chi connectivity index (χ4v) is 3.71. The van der Waals surface area contributed by atoms with Crippen LogP contribution < -0.4 is 16.0 Å². The number of nitrogens with one attached hydrogen (secondary N) is 3. The summed E-state index contributed by atoms with van der Waals surface area (Å²) in [7, 11) is 3.68. The Hall–Kier alpha value is -3.52. The Kier molecular flexibility index (Phi) is 8.71. The molecule has 0 aromatic heterocycles. The zero-order valence-corrected chi connectivity index (χ0v) is 19.0. The number of hydrogen-bond acceptors (Lipinski definition) is 4. The molecule has 3 amide bonds. The highest BCUT2D eigenvalue weighted by atomic mass is 19.1. The lowest BCUT2D eigenvalue weighted by atomic mass is 10.1. The fourth-order valence-electron chi connectivity index (χ4n) is 3.71. The first-order valence-electron chi connectivity index (χ1n) is 11.0. The van der Waals surface area contributed by atoms with E-state index in [0.717, 1.165) is 30.5 Å². The summed E-state index contributed by atoms with van der Waals surface area (Å²) < 4.78 is 13.1. The number of carbonyl (C=O) groups excluding carboxylic acids is 2. The van der Waals surface area contributed by atoms with Gasteiger partial charge in [0.15, 0.2) is 0 Å². The van der Waals surface area contributed by atoms with Gasteiger partial charge in [0, 0.05) is 37.9 Å². The van der Waals surface area contributed by atoms with Gasteiger partial charge in [-0.05, 0) is 80.0 Å². The van der Waals surface area contributed by atoms with Crippen molar-refractivity contribution < 1.29 is 14.0 Å². The quantitative estimate of drug-likeness (QED) is 0.425. The van der Waals surface area contributed by atoms with Crippen LogP contribution >= 0.6 is 0 Å². The number of anilines is 1. The van der Waals surface area contributed by atoms with Crippen LogP contribution in [0.4, 0.5) is 14.9 Å². The molecule has 8 heteroatoms. The Morgan fingerprint density at radius 1 is 1.15 bits per heavy atom. The number of urea groups is 1. The summed E-state index contributed by atoms with van der Waals surface area (Å²) in [6.07, 6.45) is 5.23. The van der Waals surface area contributed by atoms with Gasteiger partial charge in [-0.15, -0.1) is 0 Å². The van der Waals surface area contributed by atoms with Crippen LogP contribution in [0.15, 0.2) is 65.7 Å². The molecule has 3 rings (SSSR count). The lowest BCUT2D eigenvalue weighted by Crippen LogP contribution is -2.40. The third kappa shape index (κ3) is 7.54. The van der Waals surface area contributed by atoms with Crippen molar-refractivity contribution in [1.82, 2.24) is 15.5 Å². The number of allylic oxidation sites excluding steroid dienone is 1. The molecule has 1 aliphatic heterocycles. The highest BCUT2D eigenvalue weighted by Gasteiger charge is 2.21. The Bertz CT molecular complexity index is 1020. The monoisotopic (exact) mass is 451 g/mol. The minimum absolute atomic E-state index is 0.244. The van der Waals surface area contributed by atoms with Crippen molar-refractivity contribution in [1.29, 1.82) is 0 Å². The van der Waals surface area contributed by atoms with E-state index in [2.05, 4.69) is 32.9 Å². The molecule has 0 spiro atoms. The number of aliphatic imine (C=N–C) groups is 1.